The van der Waals surface area contributed by atoms with Gasteiger partial charge in [0.25, 0.3) is 0 Å². The summed E-state index contributed by atoms with van der Waals surface area (Å²) in [5, 5.41) is 0.451. The van der Waals surface area contributed by atoms with Gasteiger partial charge in [-0.2, -0.15) is 0 Å². The summed E-state index contributed by atoms with van der Waals surface area (Å²) >= 11 is 2.88. The lowest BCUT2D eigenvalue weighted by Crippen LogP contribution is -2.32. The predicted octanol–water partition coefficient (Wildman–Crippen LogP) is 3.57. The van der Waals surface area contributed by atoms with Crippen molar-refractivity contribution >= 4 is 22.2 Å². The van der Waals surface area contributed by atoms with Gasteiger partial charge in [-0.25, -0.2) is 0 Å². The fourth-order valence-electron chi connectivity index (χ4n) is 2.16. The van der Waals surface area contributed by atoms with Crippen LogP contribution in [-0.2, 0) is 4.79 Å². The maximum absolute atomic E-state index is 9.13. The maximum atomic E-state index is 9.13. The molecular weight excluding hydrogens is 290 g/mol. The standard InChI is InChI=1S/C13H21N.C2H3BrO/c1-11(13-8-9-13)14(2)10-12-6-4-3-5-7-12;3-1-2-4/h4,6-7,11,13H,3,5,8-10H2,1-2H3;2H,1H2. The highest BCUT2D eigenvalue weighted by Crippen LogP contribution is 2.34. The van der Waals surface area contributed by atoms with E-state index in [0.29, 0.717) is 5.33 Å². The molecule has 0 bridgehead atoms. The number of allylic oxidation sites excluding steroid dienone is 2. The second-order valence-electron chi connectivity index (χ2n) is 5.07. The van der Waals surface area contributed by atoms with Crippen LogP contribution in [0.15, 0.2) is 23.8 Å². The minimum atomic E-state index is 0.451. The monoisotopic (exact) mass is 313 g/mol. The average molecular weight is 314 g/mol. The number of alkyl halides is 1. The van der Waals surface area contributed by atoms with E-state index in [-0.39, 0.29) is 0 Å². The molecule has 0 aromatic rings. The molecule has 0 saturated heterocycles. The number of carbonyl (C=O) groups excluding carboxylic acids is 1. The van der Waals surface area contributed by atoms with E-state index in [1.807, 2.05) is 0 Å². The lowest BCUT2D eigenvalue weighted by atomic mass is 10.1. The van der Waals surface area contributed by atoms with Crippen LogP contribution in [0.2, 0.25) is 0 Å². The second kappa shape index (κ2) is 8.65. The SMILES string of the molecule is CC(C1CC1)N(C)CC1=CCCC=C1.O=CCBr. The maximum Gasteiger partial charge on any atom is 0.130 e. The number of nitrogens with zero attached hydrogens (tertiary/aromatic N) is 1. The van der Waals surface area contributed by atoms with Crippen molar-refractivity contribution < 1.29 is 4.79 Å². The van der Waals surface area contributed by atoms with Crippen LogP contribution in [0.25, 0.3) is 0 Å². The minimum absolute atomic E-state index is 0.451. The van der Waals surface area contributed by atoms with E-state index in [2.05, 4.69) is 53.0 Å². The molecule has 0 N–H and O–H groups in total. The lowest BCUT2D eigenvalue weighted by molar-refractivity contribution is -0.105. The quantitative estimate of drug-likeness (QED) is 0.571. The zero-order valence-corrected chi connectivity index (χ0v) is 13.0. The van der Waals surface area contributed by atoms with Gasteiger partial charge in [0, 0.05) is 12.6 Å². The normalized spacial score (nSPS) is 19.9. The number of likely N-dealkylation sites (N-methyl/N-ethyl adjacent to an activating group) is 1. The minimum Gasteiger partial charge on any atom is -0.302 e. The van der Waals surface area contributed by atoms with Crippen LogP contribution in [0.4, 0.5) is 0 Å². The Balaban J connectivity index is 0.000000357. The first-order valence-corrected chi connectivity index (χ1v) is 7.86. The summed E-state index contributed by atoms with van der Waals surface area (Å²) in [6, 6.07) is 0.770. The molecule has 1 atom stereocenters. The molecule has 2 rings (SSSR count). The topological polar surface area (TPSA) is 20.3 Å². The van der Waals surface area contributed by atoms with Crippen LogP contribution in [-0.4, -0.2) is 36.2 Å². The van der Waals surface area contributed by atoms with Gasteiger partial charge in [0.1, 0.15) is 6.29 Å². The summed E-state index contributed by atoms with van der Waals surface area (Å²) in [5.41, 5.74) is 1.51. The highest BCUT2D eigenvalue weighted by Gasteiger charge is 2.30. The molecule has 102 valence electrons. The molecular formula is C15H24BrNO. The van der Waals surface area contributed by atoms with Crippen LogP contribution in [0.3, 0.4) is 0 Å². The van der Waals surface area contributed by atoms with Gasteiger partial charge in [-0.15, -0.1) is 0 Å². The van der Waals surface area contributed by atoms with E-state index in [1.54, 1.807) is 0 Å². The van der Waals surface area contributed by atoms with Crippen molar-refractivity contribution in [3.63, 3.8) is 0 Å². The van der Waals surface area contributed by atoms with Crippen molar-refractivity contribution in [2.24, 2.45) is 5.92 Å². The Morgan fingerprint density at radius 3 is 2.61 bits per heavy atom. The number of rotatable bonds is 5. The molecule has 0 aromatic carbocycles. The largest absolute Gasteiger partial charge is 0.302 e. The summed E-state index contributed by atoms with van der Waals surface area (Å²) < 4.78 is 0. The van der Waals surface area contributed by atoms with Gasteiger partial charge in [0.05, 0.1) is 5.33 Å². The number of halogens is 1. The molecule has 2 nitrogen and oxygen atoms in total. The number of carbonyl (C=O) groups is 1. The third-order valence-electron chi connectivity index (χ3n) is 3.57. The molecule has 0 aliphatic heterocycles. The number of hydrogen-bond donors (Lipinski definition) is 0. The fraction of sp³-hybridized carbons (Fsp3) is 0.667. The predicted molar refractivity (Wildman–Crippen MR) is 81.1 cm³/mol. The zero-order valence-electron chi connectivity index (χ0n) is 11.4. The number of aldehydes is 1. The third kappa shape index (κ3) is 5.96. The molecule has 0 heterocycles. The molecule has 0 aromatic heterocycles. The van der Waals surface area contributed by atoms with Gasteiger partial charge in [-0.3, -0.25) is 4.90 Å². The first kappa shape index (κ1) is 15.6. The summed E-state index contributed by atoms with van der Waals surface area (Å²) in [6.07, 6.45) is 13.1. The van der Waals surface area contributed by atoms with Crippen molar-refractivity contribution in [1.29, 1.82) is 0 Å². The van der Waals surface area contributed by atoms with Crippen molar-refractivity contribution in [2.45, 2.75) is 38.6 Å². The van der Waals surface area contributed by atoms with Crippen molar-refractivity contribution in [3.8, 4) is 0 Å². The molecule has 0 amide bonds. The molecule has 0 radical (unpaired) electrons. The Labute approximate surface area is 119 Å². The highest BCUT2D eigenvalue weighted by atomic mass is 79.9. The number of hydrogen-bond acceptors (Lipinski definition) is 2. The van der Waals surface area contributed by atoms with Crippen molar-refractivity contribution in [2.75, 3.05) is 18.9 Å². The first-order valence-electron chi connectivity index (χ1n) is 6.74. The van der Waals surface area contributed by atoms with Crippen LogP contribution < -0.4 is 0 Å². The highest BCUT2D eigenvalue weighted by molar-refractivity contribution is 9.09. The molecule has 1 saturated carbocycles. The molecule has 2 aliphatic carbocycles. The smallest absolute Gasteiger partial charge is 0.130 e. The molecule has 0 spiro atoms. The van der Waals surface area contributed by atoms with E-state index in [0.717, 1.165) is 24.8 Å². The van der Waals surface area contributed by atoms with Crippen LogP contribution in [0.5, 0.6) is 0 Å². The van der Waals surface area contributed by atoms with Crippen LogP contribution >= 0.6 is 15.9 Å². The van der Waals surface area contributed by atoms with Gasteiger partial charge < -0.3 is 4.79 Å². The molecule has 2 aliphatic rings. The fourth-order valence-corrected chi connectivity index (χ4v) is 2.16. The van der Waals surface area contributed by atoms with E-state index in [4.69, 9.17) is 4.79 Å². The molecule has 3 heteroatoms. The molecule has 1 unspecified atom stereocenters. The second-order valence-corrected chi connectivity index (χ2v) is 5.72. The molecule has 18 heavy (non-hydrogen) atoms. The van der Waals surface area contributed by atoms with E-state index >= 15 is 0 Å². The zero-order chi connectivity index (χ0) is 13.4. The summed E-state index contributed by atoms with van der Waals surface area (Å²) in [7, 11) is 2.26. The van der Waals surface area contributed by atoms with Crippen LogP contribution in [0, 0.1) is 5.92 Å². The van der Waals surface area contributed by atoms with Gasteiger partial charge >= 0.3 is 0 Å². The lowest BCUT2D eigenvalue weighted by Gasteiger charge is -2.25. The van der Waals surface area contributed by atoms with E-state index in [9.17, 15) is 0 Å². The Hall–Kier alpha value is -0.410. The summed E-state index contributed by atoms with van der Waals surface area (Å²) in [4.78, 5) is 11.6. The Bertz CT molecular complexity index is 308. The van der Waals surface area contributed by atoms with Gasteiger partial charge in [-0.1, -0.05) is 34.2 Å². The summed E-state index contributed by atoms with van der Waals surface area (Å²) in [5.74, 6) is 0.980. The van der Waals surface area contributed by atoms with E-state index < -0.39 is 0 Å². The first-order chi connectivity index (χ1) is 8.69. The average Bonchev–Trinajstić information content (AvgIpc) is 3.23. The van der Waals surface area contributed by atoms with Crippen LogP contribution in [0.1, 0.15) is 32.6 Å². The van der Waals surface area contributed by atoms with E-state index in [1.165, 1.54) is 31.3 Å². The summed E-state index contributed by atoms with van der Waals surface area (Å²) in [6.45, 7) is 3.50. The Morgan fingerprint density at radius 1 is 1.50 bits per heavy atom. The van der Waals surface area contributed by atoms with Crippen molar-refractivity contribution in [1.82, 2.24) is 4.90 Å². The molecule has 1 fully saturated rings. The van der Waals surface area contributed by atoms with Gasteiger partial charge in [0.2, 0.25) is 0 Å². The third-order valence-corrected chi connectivity index (χ3v) is 3.83. The Morgan fingerprint density at radius 2 is 2.17 bits per heavy atom. The van der Waals surface area contributed by atoms with Gasteiger partial charge in [-0.05, 0) is 51.1 Å². The van der Waals surface area contributed by atoms with Gasteiger partial charge in [0.15, 0.2) is 0 Å². The Kier molecular flexibility index (Phi) is 7.52. The van der Waals surface area contributed by atoms with Crippen molar-refractivity contribution in [3.05, 3.63) is 23.8 Å².